The first-order chi connectivity index (χ1) is 38.5. The Morgan fingerprint density at radius 3 is 1.45 bits per heavy atom. The van der Waals surface area contributed by atoms with Crippen molar-refractivity contribution in [1.82, 2.24) is 0 Å². The summed E-state index contributed by atoms with van der Waals surface area (Å²) >= 11 is 0. The molecule has 0 spiro atoms. The highest BCUT2D eigenvalue weighted by molar-refractivity contribution is 7.22. The molecule has 3 aliphatic rings. The van der Waals surface area contributed by atoms with E-state index in [-0.39, 0.29) is 5.41 Å². The van der Waals surface area contributed by atoms with Crippen molar-refractivity contribution in [2.24, 2.45) is 0 Å². The summed E-state index contributed by atoms with van der Waals surface area (Å²) in [6.07, 6.45) is 0. The Morgan fingerprint density at radius 1 is 0.282 bits per heavy atom. The van der Waals surface area contributed by atoms with Crippen molar-refractivity contribution in [3.05, 3.63) is 331 Å². The van der Waals surface area contributed by atoms with E-state index in [1.165, 1.54) is 110 Å². The minimum atomic E-state index is -2.67. The van der Waals surface area contributed by atoms with Crippen molar-refractivity contribution in [1.29, 1.82) is 0 Å². The largest absolute Gasteiger partial charge is 0.310 e. The van der Waals surface area contributed by atoms with Crippen molar-refractivity contribution in [3.8, 4) is 55.6 Å². The Bertz CT molecular complexity index is 4200. The van der Waals surface area contributed by atoms with Gasteiger partial charge in [-0.1, -0.05) is 275 Å². The Kier molecular flexibility index (Phi) is 10.5. The molecule has 0 amide bonds. The zero-order valence-electron chi connectivity index (χ0n) is 43.7. The fraction of sp³-hybridized carbons (Fsp3) is 0.0526. The fourth-order valence-electron chi connectivity index (χ4n) is 14.3. The highest BCUT2D eigenvalue weighted by Crippen LogP contribution is 2.58. The van der Waals surface area contributed by atoms with Crippen LogP contribution in [0, 0.1) is 0 Å². The smallest absolute Gasteiger partial charge is 0.180 e. The van der Waals surface area contributed by atoms with Gasteiger partial charge < -0.3 is 4.90 Å². The summed E-state index contributed by atoms with van der Waals surface area (Å²) < 4.78 is 0. The minimum absolute atomic E-state index is 0.233. The highest BCUT2D eigenvalue weighted by atomic mass is 28.3. The van der Waals surface area contributed by atoms with Gasteiger partial charge in [0.25, 0.3) is 0 Å². The normalized spacial score (nSPS) is 14.3. The molecular formula is C76H55NSi. The maximum atomic E-state index is 2.50. The predicted octanol–water partition coefficient (Wildman–Crippen LogP) is 16.5. The number of rotatable bonds is 9. The van der Waals surface area contributed by atoms with Crippen LogP contribution >= 0.6 is 0 Å². The second-order valence-corrected chi connectivity index (χ2v) is 25.6. The molecule has 0 fully saturated rings. The van der Waals surface area contributed by atoms with Gasteiger partial charge in [0.15, 0.2) is 8.07 Å². The summed E-state index contributed by atoms with van der Waals surface area (Å²) in [5.74, 6) is 0. The number of hydrogen-bond acceptors (Lipinski definition) is 1. The first kappa shape index (κ1) is 46.0. The Morgan fingerprint density at radius 2 is 0.769 bits per heavy atom. The molecule has 12 aromatic rings. The van der Waals surface area contributed by atoms with Crippen molar-refractivity contribution in [3.63, 3.8) is 0 Å². The molecule has 0 saturated heterocycles. The molecule has 0 bridgehead atoms. The van der Waals surface area contributed by atoms with Gasteiger partial charge in [0, 0.05) is 22.5 Å². The molecule has 12 aromatic carbocycles. The average molecular weight is 1010 g/mol. The quantitative estimate of drug-likeness (QED) is 0.130. The summed E-state index contributed by atoms with van der Waals surface area (Å²) in [5.41, 5.74) is 23.2. The molecule has 1 aliphatic heterocycles. The van der Waals surface area contributed by atoms with Crippen LogP contribution < -0.4 is 25.6 Å². The maximum Gasteiger partial charge on any atom is 0.180 e. The predicted molar refractivity (Wildman–Crippen MR) is 329 cm³/mol. The van der Waals surface area contributed by atoms with E-state index in [0.717, 1.165) is 17.1 Å². The summed E-state index contributed by atoms with van der Waals surface area (Å²) in [6.45, 7) is 4.80. The van der Waals surface area contributed by atoms with Crippen molar-refractivity contribution < 1.29 is 0 Å². The van der Waals surface area contributed by atoms with E-state index in [1.807, 2.05) is 0 Å². The third-order valence-electron chi connectivity index (χ3n) is 17.6. The Labute approximate surface area is 459 Å². The van der Waals surface area contributed by atoms with Gasteiger partial charge in [-0.25, -0.2) is 0 Å². The zero-order valence-corrected chi connectivity index (χ0v) is 44.7. The van der Waals surface area contributed by atoms with Gasteiger partial charge >= 0.3 is 0 Å². The summed E-state index contributed by atoms with van der Waals surface area (Å²) in [4.78, 5) is 2.50. The topological polar surface area (TPSA) is 3.24 Å². The summed E-state index contributed by atoms with van der Waals surface area (Å²) in [7, 11) is -2.67. The first-order valence-electron chi connectivity index (χ1n) is 27.4. The van der Waals surface area contributed by atoms with Crippen LogP contribution in [0.3, 0.4) is 0 Å². The summed E-state index contributed by atoms with van der Waals surface area (Å²) in [5, 5.41) is 5.71. The van der Waals surface area contributed by atoms with E-state index < -0.39 is 13.5 Å². The lowest BCUT2D eigenvalue weighted by atomic mass is 9.67. The van der Waals surface area contributed by atoms with E-state index >= 15 is 0 Å². The van der Waals surface area contributed by atoms with E-state index in [2.05, 4.69) is 316 Å². The molecule has 0 N–H and O–H groups in total. The van der Waals surface area contributed by atoms with Crippen molar-refractivity contribution in [2.45, 2.75) is 24.7 Å². The van der Waals surface area contributed by atoms with Crippen LogP contribution in [0.4, 0.5) is 17.1 Å². The Balaban J connectivity index is 0.906. The number of benzene rings is 12. The van der Waals surface area contributed by atoms with Gasteiger partial charge in [0.2, 0.25) is 0 Å². The van der Waals surface area contributed by atoms with Crippen molar-refractivity contribution in [2.75, 3.05) is 4.90 Å². The molecule has 1 heterocycles. The third kappa shape index (κ3) is 6.66. The third-order valence-corrected chi connectivity index (χ3v) is 22.5. The van der Waals surface area contributed by atoms with Crippen LogP contribution in [-0.4, -0.2) is 8.07 Å². The lowest BCUT2D eigenvalue weighted by molar-refractivity contribution is 0.660. The van der Waals surface area contributed by atoms with Crippen LogP contribution in [0.15, 0.2) is 297 Å². The van der Waals surface area contributed by atoms with E-state index in [1.54, 1.807) is 0 Å². The molecule has 1 nitrogen and oxygen atoms in total. The molecule has 0 aromatic heterocycles. The highest BCUT2D eigenvalue weighted by Gasteiger charge is 2.49. The Hall–Kier alpha value is -9.34. The van der Waals surface area contributed by atoms with Gasteiger partial charge in [-0.15, -0.1) is 0 Å². The van der Waals surface area contributed by atoms with Crippen LogP contribution in [0.1, 0.15) is 47.2 Å². The second kappa shape index (κ2) is 17.9. The number of anilines is 3. The molecule has 0 saturated carbocycles. The number of hydrogen-bond donors (Lipinski definition) is 0. The molecule has 368 valence electrons. The van der Waals surface area contributed by atoms with Gasteiger partial charge in [0.1, 0.15) is 0 Å². The van der Waals surface area contributed by atoms with Crippen LogP contribution in [0.2, 0.25) is 0 Å². The average Bonchev–Trinajstić information content (AvgIpc) is 4.28. The zero-order chi connectivity index (χ0) is 52.0. The van der Waals surface area contributed by atoms with Crippen molar-refractivity contribution >= 4 is 45.9 Å². The van der Waals surface area contributed by atoms with E-state index in [4.69, 9.17) is 0 Å². The lowest BCUT2D eigenvalue weighted by Gasteiger charge is -2.35. The SMILES string of the molecule is CC1(C)c2cc(N(c3ccc(-c4cccc([Si]5(c6ccccc6)c6ccccc6-c6ccccc65)c4)cc3)c3cccc(C4(c5ccccc5)c5ccccc5-c5ccccc54)c3)ccc2-c2c(-c3ccccc3)cccc21. The minimum Gasteiger partial charge on any atom is -0.310 e. The first-order valence-corrected chi connectivity index (χ1v) is 29.4. The standard InChI is InChI=1S/C76H55NSi/c1-75(2)70-40-22-37-62(53-23-6-3-7-24-53)74(70)67-48-47-59(51-71(67)75)77(58-29-21-28-56(50-58)76(55-26-8-4-9-27-55)68-38-16-12-33-63(68)64-34-13-17-39-69(64)76)57-45-43-52(44-46-57)54-25-20-32-61(49-54)78(60-30-10-5-11-31-60)72-41-18-14-35-65(72)66-36-15-19-42-73(66)78/h3-51H,1-2H3. The van der Waals surface area contributed by atoms with Crippen LogP contribution in [0.25, 0.3) is 55.6 Å². The molecule has 0 unspecified atom stereocenters. The fourth-order valence-corrected chi connectivity index (χ4v) is 19.5. The molecule has 0 atom stereocenters. The molecule has 2 heteroatoms. The van der Waals surface area contributed by atoms with E-state index in [9.17, 15) is 0 Å². The van der Waals surface area contributed by atoms with Gasteiger partial charge in [-0.3, -0.25) is 0 Å². The monoisotopic (exact) mass is 1010 g/mol. The number of fused-ring (bicyclic) bond motifs is 9. The number of nitrogens with zero attached hydrogens (tertiary/aromatic N) is 1. The second-order valence-electron chi connectivity index (χ2n) is 21.9. The van der Waals surface area contributed by atoms with Crippen LogP contribution in [-0.2, 0) is 10.8 Å². The molecule has 2 aliphatic carbocycles. The molecule has 15 rings (SSSR count). The summed E-state index contributed by atoms with van der Waals surface area (Å²) in [6, 6.07) is 112. The van der Waals surface area contributed by atoms with Gasteiger partial charge in [0.05, 0.1) is 5.41 Å². The van der Waals surface area contributed by atoms with Gasteiger partial charge in [-0.2, -0.15) is 0 Å². The maximum absolute atomic E-state index is 2.67. The molecular weight excluding hydrogens is 955 g/mol. The van der Waals surface area contributed by atoms with Gasteiger partial charge in [-0.05, 0) is 146 Å². The lowest BCUT2D eigenvalue weighted by Crippen LogP contribution is -2.72. The van der Waals surface area contributed by atoms with Crippen LogP contribution in [0.5, 0.6) is 0 Å². The molecule has 78 heavy (non-hydrogen) atoms. The van der Waals surface area contributed by atoms with E-state index in [0.29, 0.717) is 0 Å². The molecule has 0 radical (unpaired) electrons.